The Morgan fingerprint density at radius 3 is 2.89 bits per heavy atom. The minimum Gasteiger partial charge on any atom is -0.379 e. The number of rotatable bonds is 2. The number of nitrogens with two attached hydrogens (primary N) is 1. The molecule has 3 N–H and O–H groups in total. The number of hydrogen-bond acceptors (Lipinski definition) is 6. The Bertz CT molecular complexity index is 646. The number of halogens is 1. The van der Waals surface area contributed by atoms with Crippen LogP contribution in [0.25, 0.3) is 0 Å². The monoisotopic (exact) mass is 263 g/mol. The summed E-state index contributed by atoms with van der Waals surface area (Å²) in [6.45, 7) is 0. The van der Waals surface area contributed by atoms with E-state index in [-0.39, 0.29) is 17.1 Å². The van der Waals surface area contributed by atoms with Crippen LogP contribution in [0.15, 0.2) is 22.8 Å². The highest BCUT2D eigenvalue weighted by Crippen LogP contribution is 2.20. The van der Waals surface area contributed by atoms with Gasteiger partial charge in [0, 0.05) is 5.69 Å². The second-order valence-electron chi connectivity index (χ2n) is 3.26. The molecule has 0 aliphatic carbocycles. The maximum absolute atomic E-state index is 11.7. The number of nitrogen functional groups attached to an aromatic ring is 1. The van der Waals surface area contributed by atoms with Crippen molar-refractivity contribution in [3.8, 4) is 6.07 Å². The van der Waals surface area contributed by atoms with Crippen molar-refractivity contribution in [1.29, 1.82) is 5.26 Å². The molecule has 0 saturated carbocycles. The molecule has 2 aromatic rings. The van der Waals surface area contributed by atoms with Crippen molar-refractivity contribution in [2.24, 2.45) is 0 Å². The summed E-state index contributed by atoms with van der Waals surface area (Å²) < 4.78 is 4.31. The van der Waals surface area contributed by atoms with Crippen molar-refractivity contribution in [2.45, 2.75) is 0 Å². The third-order valence-electron chi connectivity index (χ3n) is 2.07. The van der Waals surface area contributed by atoms with Gasteiger partial charge in [-0.15, -0.1) is 0 Å². The fourth-order valence-electron chi connectivity index (χ4n) is 1.23. The first kappa shape index (κ1) is 11.9. The van der Waals surface area contributed by atoms with E-state index in [2.05, 4.69) is 20.3 Å². The predicted octanol–water partition coefficient (Wildman–Crippen LogP) is 1.43. The fourth-order valence-corrected chi connectivity index (χ4v) is 1.39. The lowest BCUT2D eigenvalue weighted by atomic mass is 10.2. The number of benzene rings is 1. The summed E-state index contributed by atoms with van der Waals surface area (Å²) in [4.78, 5) is 11.7. The molecule has 1 heterocycles. The molecule has 0 radical (unpaired) electrons. The number of hydrogen-bond donors (Lipinski definition) is 2. The molecule has 90 valence electrons. The number of amides is 1. The van der Waals surface area contributed by atoms with Gasteiger partial charge in [0.25, 0.3) is 5.91 Å². The quantitative estimate of drug-likeness (QED) is 0.846. The van der Waals surface area contributed by atoms with Crippen LogP contribution in [0, 0.1) is 11.3 Å². The fraction of sp³-hybridized carbons (Fsp3) is 0. The molecule has 7 nitrogen and oxygen atoms in total. The molecule has 0 bridgehead atoms. The third kappa shape index (κ3) is 2.23. The first-order valence-electron chi connectivity index (χ1n) is 4.71. The number of nitriles is 1. The Labute approximate surface area is 106 Å². The summed E-state index contributed by atoms with van der Waals surface area (Å²) in [5.74, 6) is -0.693. The van der Waals surface area contributed by atoms with Gasteiger partial charge >= 0.3 is 0 Å². The smallest absolute Gasteiger partial charge is 0.281 e. The number of aromatic nitrogens is 2. The molecule has 1 aromatic heterocycles. The van der Waals surface area contributed by atoms with Gasteiger partial charge in [-0.3, -0.25) is 4.79 Å². The molecule has 0 unspecified atom stereocenters. The van der Waals surface area contributed by atoms with Crippen LogP contribution in [0.2, 0.25) is 5.02 Å². The average Bonchev–Trinajstić information content (AvgIpc) is 2.78. The molecule has 2 rings (SSSR count). The van der Waals surface area contributed by atoms with Crippen molar-refractivity contribution in [1.82, 2.24) is 10.3 Å². The van der Waals surface area contributed by atoms with Crippen LogP contribution in [0.5, 0.6) is 0 Å². The standard InChI is InChI=1S/C10H6ClN5O2/c11-7-2-1-6(3-5(7)4-12)14-10(17)8-9(13)16-18-15-8/h1-3H,(H2,13,16)(H,14,17). The summed E-state index contributed by atoms with van der Waals surface area (Å²) in [5, 5.41) is 18.2. The summed E-state index contributed by atoms with van der Waals surface area (Å²) in [5.41, 5.74) is 5.89. The van der Waals surface area contributed by atoms with Gasteiger partial charge in [-0.1, -0.05) is 11.6 Å². The number of carbonyl (C=O) groups excluding carboxylic acids is 1. The average molecular weight is 264 g/mol. The van der Waals surface area contributed by atoms with Crippen LogP contribution in [-0.4, -0.2) is 16.2 Å². The molecular weight excluding hydrogens is 258 g/mol. The van der Waals surface area contributed by atoms with Crippen LogP contribution in [0.1, 0.15) is 16.1 Å². The molecule has 0 saturated heterocycles. The number of carbonyl (C=O) groups is 1. The van der Waals surface area contributed by atoms with Crippen molar-refractivity contribution in [2.75, 3.05) is 11.1 Å². The molecule has 0 atom stereocenters. The molecule has 18 heavy (non-hydrogen) atoms. The molecule has 1 aromatic carbocycles. The Morgan fingerprint density at radius 1 is 1.50 bits per heavy atom. The van der Waals surface area contributed by atoms with Crippen LogP contribution in [-0.2, 0) is 0 Å². The number of anilines is 2. The molecule has 8 heteroatoms. The molecule has 0 aliphatic heterocycles. The maximum atomic E-state index is 11.7. The van der Waals surface area contributed by atoms with Gasteiger partial charge in [-0.05, 0) is 28.5 Å². The second kappa shape index (κ2) is 4.73. The normalized spacial score (nSPS) is 9.78. The van der Waals surface area contributed by atoms with Crippen LogP contribution >= 0.6 is 11.6 Å². The SMILES string of the molecule is N#Cc1cc(NC(=O)c2nonc2N)ccc1Cl. The predicted molar refractivity (Wildman–Crippen MR) is 62.8 cm³/mol. The zero-order valence-corrected chi connectivity index (χ0v) is 9.60. The summed E-state index contributed by atoms with van der Waals surface area (Å²) >= 11 is 5.77. The van der Waals surface area contributed by atoms with E-state index in [0.29, 0.717) is 10.7 Å². The van der Waals surface area contributed by atoms with E-state index >= 15 is 0 Å². The third-order valence-corrected chi connectivity index (χ3v) is 2.40. The van der Waals surface area contributed by atoms with E-state index in [1.807, 2.05) is 6.07 Å². The minimum atomic E-state index is -0.583. The van der Waals surface area contributed by atoms with Gasteiger partial charge in [0.1, 0.15) is 6.07 Å². The van der Waals surface area contributed by atoms with E-state index < -0.39 is 5.91 Å². The van der Waals surface area contributed by atoms with Gasteiger partial charge in [0.2, 0.25) is 11.5 Å². The van der Waals surface area contributed by atoms with E-state index in [1.54, 1.807) is 6.07 Å². The second-order valence-corrected chi connectivity index (χ2v) is 3.67. The Balaban J connectivity index is 2.23. The Hall–Kier alpha value is -2.59. The highest BCUT2D eigenvalue weighted by molar-refractivity contribution is 6.31. The number of nitrogens with zero attached hydrogens (tertiary/aromatic N) is 3. The van der Waals surface area contributed by atoms with Crippen LogP contribution < -0.4 is 11.1 Å². The molecule has 0 spiro atoms. The lowest BCUT2D eigenvalue weighted by molar-refractivity contribution is 0.101. The van der Waals surface area contributed by atoms with Crippen molar-refractivity contribution >= 4 is 29.0 Å². The number of nitrogens with one attached hydrogen (secondary N) is 1. The highest BCUT2D eigenvalue weighted by Gasteiger charge is 2.16. The van der Waals surface area contributed by atoms with E-state index in [9.17, 15) is 4.79 Å². The van der Waals surface area contributed by atoms with Crippen molar-refractivity contribution in [3.05, 3.63) is 34.5 Å². The van der Waals surface area contributed by atoms with E-state index in [1.165, 1.54) is 12.1 Å². The molecule has 1 amide bonds. The maximum Gasteiger partial charge on any atom is 0.281 e. The van der Waals surface area contributed by atoms with Gasteiger partial charge in [0.15, 0.2) is 0 Å². The largest absolute Gasteiger partial charge is 0.379 e. The first-order chi connectivity index (χ1) is 8.61. The van der Waals surface area contributed by atoms with Crippen LogP contribution in [0.4, 0.5) is 11.5 Å². The van der Waals surface area contributed by atoms with Gasteiger partial charge < -0.3 is 11.1 Å². The minimum absolute atomic E-state index is 0.109. The molecular formula is C10H6ClN5O2. The summed E-state index contributed by atoms with van der Waals surface area (Å²) in [7, 11) is 0. The van der Waals surface area contributed by atoms with E-state index in [0.717, 1.165) is 0 Å². The van der Waals surface area contributed by atoms with Gasteiger partial charge in [0.05, 0.1) is 10.6 Å². The van der Waals surface area contributed by atoms with Crippen molar-refractivity contribution in [3.63, 3.8) is 0 Å². The Kier molecular flexibility index (Phi) is 3.12. The lowest BCUT2D eigenvalue weighted by Crippen LogP contribution is -2.14. The first-order valence-corrected chi connectivity index (χ1v) is 5.08. The summed E-state index contributed by atoms with van der Waals surface area (Å²) in [6, 6.07) is 6.38. The zero-order chi connectivity index (χ0) is 13.1. The lowest BCUT2D eigenvalue weighted by Gasteiger charge is -2.04. The molecule has 0 aliphatic rings. The zero-order valence-electron chi connectivity index (χ0n) is 8.85. The highest BCUT2D eigenvalue weighted by atomic mass is 35.5. The molecule has 0 fully saturated rings. The van der Waals surface area contributed by atoms with Crippen molar-refractivity contribution < 1.29 is 9.42 Å². The van der Waals surface area contributed by atoms with Crippen LogP contribution in [0.3, 0.4) is 0 Å². The Morgan fingerprint density at radius 2 is 2.28 bits per heavy atom. The van der Waals surface area contributed by atoms with E-state index in [4.69, 9.17) is 22.6 Å². The van der Waals surface area contributed by atoms with Gasteiger partial charge in [-0.2, -0.15) is 5.26 Å². The summed E-state index contributed by atoms with van der Waals surface area (Å²) in [6.07, 6.45) is 0. The topological polar surface area (TPSA) is 118 Å². The van der Waals surface area contributed by atoms with Gasteiger partial charge in [-0.25, -0.2) is 4.63 Å².